The highest BCUT2D eigenvalue weighted by molar-refractivity contribution is 7.98. The van der Waals surface area contributed by atoms with E-state index < -0.39 is 5.97 Å². The summed E-state index contributed by atoms with van der Waals surface area (Å²) in [5.74, 6) is -1.21. The number of thioether (sulfide) groups is 1. The predicted octanol–water partition coefficient (Wildman–Crippen LogP) is 0.225. The summed E-state index contributed by atoms with van der Waals surface area (Å²) in [5, 5.41) is 14.7. The van der Waals surface area contributed by atoms with Gasteiger partial charge in [0.15, 0.2) is 0 Å². The van der Waals surface area contributed by atoms with Crippen LogP contribution >= 0.6 is 11.8 Å². The Labute approximate surface area is 60.9 Å². The van der Waals surface area contributed by atoms with Crippen LogP contribution in [0.3, 0.4) is 0 Å². The van der Waals surface area contributed by atoms with Crippen LogP contribution in [0.4, 0.5) is 0 Å². The molecule has 0 amide bonds. The quantitative estimate of drug-likeness (QED) is 0.603. The third-order valence-corrected chi connectivity index (χ3v) is 1.40. The van der Waals surface area contributed by atoms with Crippen LogP contribution in [0.25, 0.3) is 0 Å². The van der Waals surface area contributed by atoms with Crippen LogP contribution in [-0.4, -0.2) is 32.5 Å². The molecule has 0 radical (unpaired) electrons. The molecule has 1 heterocycles. The Kier molecular flexibility index (Phi) is 1.91. The van der Waals surface area contributed by atoms with Crippen molar-refractivity contribution in [1.82, 2.24) is 15.2 Å². The average Bonchev–Trinajstić information content (AvgIpc) is 2.34. The van der Waals surface area contributed by atoms with Gasteiger partial charge in [0, 0.05) is 0 Å². The van der Waals surface area contributed by atoms with Crippen molar-refractivity contribution >= 4 is 17.7 Å². The first-order valence-electron chi connectivity index (χ1n) is 2.43. The van der Waals surface area contributed by atoms with E-state index in [1.165, 1.54) is 11.8 Å². The Balaban J connectivity index is 2.88. The topological polar surface area (TPSA) is 78.9 Å². The lowest BCUT2D eigenvalue weighted by molar-refractivity contribution is 0.0684. The van der Waals surface area contributed by atoms with Crippen LogP contribution in [0.5, 0.6) is 0 Å². The Hall–Kier alpha value is -1.04. The third kappa shape index (κ3) is 1.27. The normalized spacial score (nSPS) is 9.70. The maximum atomic E-state index is 10.2. The minimum Gasteiger partial charge on any atom is -0.475 e. The van der Waals surface area contributed by atoms with Crippen molar-refractivity contribution < 1.29 is 9.90 Å². The molecule has 54 valence electrons. The van der Waals surface area contributed by atoms with Crippen LogP contribution in [0.15, 0.2) is 5.16 Å². The van der Waals surface area contributed by atoms with Crippen LogP contribution in [0.1, 0.15) is 10.6 Å². The van der Waals surface area contributed by atoms with Gasteiger partial charge in [-0.3, -0.25) is 5.10 Å². The van der Waals surface area contributed by atoms with E-state index in [-0.39, 0.29) is 5.82 Å². The first-order valence-corrected chi connectivity index (χ1v) is 3.66. The van der Waals surface area contributed by atoms with Gasteiger partial charge in [0.2, 0.25) is 11.0 Å². The standard InChI is InChI=1S/C4H5N3O2S/c1-10-4-5-2(3(8)9)6-7-4/h1H3,(H,8,9)(H,5,6,7). The van der Waals surface area contributed by atoms with Crippen molar-refractivity contribution in [2.75, 3.05) is 6.26 Å². The predicted molar refractivity (Wildman–Crippen MR) is 35.1 cm³/mol. The molecular formula is C4H5N3O2S. The van der Waals surface area contributed by atoms with Crippen molar-refractivity contribution in [3.05, 3.63) is 5.82 Å². The number of carboxylic acid groups (broad SMARTS) is 1. The number of nitrogens with zero attached hydrogens (tertiary/aromatic N) is 2. The monoisotopic (exact) mass is 159 g/mol. The fourth-order valence-electron chi connectivity index (χ4n) is 0.433. The summed E-state index contributed by atoms with van der Waals surface area (Å²) in [7, 11) is 0. The molecule has 0 spiro atoms. The molecule has 1 rings (SSSR count). The minimum atomic E-state index is -1.09. The van der Waals surface area contributed by atoms with Crippen molar-refractivity contribution in [3.8, 4) is 0 Å². The second kappa shape index (κ2) is 2.70. The Morgan fingerprint density at radius 2 is 2.50 bits per heavy atom. The number of carbonyl (C=O) groups is 1. The number of H-pyrrole nitrogens is 1. The largest absolute Gasteiger partial charge is 0.475 e. The summed E-state index contributed by atoms with van der Waals surface area (Å²) >= 11 is 1.29. The molecule has 1 aromatic heterocycles. The zero-order chi connectivity index (χ0) is 7.56. The lowest BCUT2D eigenvalue weighted by Gasteiger charge is -1.79. The third-order valence-electron chi connectivity index (χ3n) is 0.850. The van der Waals surface area contributed by atoms with E-state index in [9.17, 15) is 4.79 Å². The van der Waals surface area contributed by atoms with E-state index in [1.807, 2.05) is 0 Å². The van der Waals surface area contributed by atoms with Crippen LogP contribution in [0, 0.1) is 0 Å². The van der Waals surface area contributed by atoms with Gasteiger partial charge in [-0.25, -0.2) is 4.79 Å². The van der Waals surface area contributed by atoms with Crippen LogP contribution < -0.4 is 0 Å². The number of nitrogens with one attached hydrogen (secondary N) is 1. The Bertz CT molecular complexity index is 246. The van der Waals surface area contributed by atoms with E-state index in [0.29, 0.717) is 5.16 Å². The first-order chi connectivity index (χ1) is 4.74. The van der Waals surface area contributed by atoms with E-state index >= 15 is 0 Å². The summed E-state index contributed by atoms with van der Waals surface area (Å²) in [6.45, 7) is 0. The number of hydrogen-bond donors (Lipinski definition) is 2. The number of hydrogen-bond acceptors (Lipinski definition) is 4. The molecule has 2 N–H and O–H groups in total. The molecule has 0 saturated heterocycles. The fraction of sp³-hybridized carbons (Fsp3) is 0.250. The van der Waals surface area contributed by atoms with E-state index in [1.54, 1.807) is 6.26 Å². The number of aromatic carboxylic acids is 1. The molecule has 0 aliphatic heterocycles. The second-order valence-electron chi connectivity index (χ2n) is 1.48. The number of aromatic amines is 1. The molecule has 0 aromatic carbocycles. The Morgan fingerprint density at radius 1 is 1.80 bits per heavy atom. The number of rotatable bonds is 2. The molecule has 0 unspecified atom stereocenters. The van der Waals surface area contributed by atoms with Gasteiger partial charge in [-0.05, 0) is 6.26 Å². The van der Waals surface area contributed by atoms with Gasteiger partial charge in [-0.1, -0.05) is 11.8 Å². The fourth-order valence-corrected chi connectivity index (χ4v) is 0.753. The molecule has 0 saturated carbocycles. The SMILES string of the molecule is CSc1n[nH]c(C(=O)O)n1. The van der Waals surface area contributed by atoms with Crippen molar-refractivity contribution in [1.29, 1.82) is 0 Å². The van der Waals surface area contributed by atoms with Crippen LogP contribution in [0.2, 0.25) is 0 Å². The summed E-state index contributed by atoms with van der Waals surface area (Å²) in [6, 6.07) is 0. The zero-order valence-electron chi connectivity index (χ0n) is 5.16. The van der Waals surface area contributed by atoms with E-state index in [2.05, 4.69) is 15.2 Å². The summed E-state index contributed by atoms with van der Waals surface area (Å²) in [4.78, 5) is 13.8. The molecule has 0 atom stereocenters. The number of carboxylic acids is 1. The lowest BCUT2D eigenvalue weighted by atomic mass is 10.7. The van der Waals surface area contributed by atoms with E-state index in [4.69, 9.17) is 5.11 Å². The number of aromatic nitrogens is 3. The van der Waals surface area contributed by atoms with Gasteiger partial charge in [-0.2, -0.15) is 4.98 Å². The van der Waals surface area contributed by atoms with E-state index in [0.717, 1.165) is 0 Å². The highest BCUT2D eigenvalue weighted by Gasteiger charge is 2.07. The smallest absolute Gasteiger partial charge is 0.373 e. The molecule has 1 aromatic rings. The van der Waals surface area contributed by atoms with Crippen LogP contribution in [-0.2, 0) is 0 Å². The maximum absolute atomic E-state index is 10.2. The van der Waals surface area contributed by atoms with Gasteiger partial charge in [0.25, 0.3) is 0 Å². The molecular weight excluding hydrogens is 154 g/mol. The molecule has 0 bridgehead atoms. The first kappa shape index (κ1) is 7.07. The lowest BCUT2D eigenvalue weighted by Crippen LogP contribution is -1.98. The molecule has 0 aliphatic carbocycles. The minimum absolute atomic E-state index is 0.121. The zero-order valence-corrected chi connectivity index (χ0v) is 5.97. The highest BCUT2D eigenvalue weighted by Crippen LogP contribution is 2.05. The van der Waals surface area contributed by atoms with Gasteiger partial charge < -0.3 is 5.11 Å². The van der Waals surface area contributed by atoms with Crippen molar-refractivity contribution in [2.24, 2.45) is 0 Å². The molecule has 0 aliphatic rings. The highest BCUT2D eigenvalue weighted by atomic mass is 32.2. The van der Waals surface area contributed by atoms with Crippen molar-refractivity contribution in [2.45, 2.75) is 5.16 Å². The van der Waals surface area contributed by atoms with Gasteiger partial charge in [0.1, 0.15) is 0 Å². The molecule has 0 fully saturated rings. The summed E-state index contributed by atoms with van der Waals surface area (Å²) in [5.41, 5.74) is 0. The Morgan fingerprint density at radius 3 is 2.80 bits per heavy atom. The maximum Gasteiger partial charge on any atom is 0.373 e. The summed E-state index contributed by atoms with van der Waals surface area (Å²) < 4.78 is 0. The molecule has 6 heteroatoms. The molecule has 5 nitrogen and oxygen atoms in total. The van der Waals surface area contributed by atoms with Gasteiger partial charge in [-0.15, -0.1) is 5.10 Å². The van der Waals surface area contributed by atoms with Gasteiger partial charge >= 0.3 is 5.97 Å². The molecule has 10 heavy (non-hydrogen) atoms. The average molecular weight is 159 g/mol. The second-order valence-corrected chi connectivity index (χ2v) is 2.25. The summed E-state index contributed by atoms with van der Waals surface area (Å²) in [6.07, 6.45) is 1.77. The van der Waals surface area contributed by atoms with Gasteiger partial charge in [0.05, 0.1) is 0 Å². The van der Waals surface area contributed by atoms with Crippen molar-refractivity contribution in [3.63, 3.8) is 0 Å².